The first kappa shape index (κ1) is 19.6. The average Bonchev–Trinajstić information content (AvgIpc) is 3.51. The van der Waals surface area contributed by atoms with Crippen LogP contribution in [0.3, 0.4) is 0 Å². The molecule has 0 aliphatic carbocycles. The summed E-state index contributed by atoms with van der Waals surface area (Å²) in [7, 11) is 1.41. The molecule has 0 N–H and O–H groups in total. The van der Waals surface area contributed by atoms with E-state index in [9.17, 15) is 4.79 Å². The van der Waals surface area contributed by atoms with E-state index in [0.29, 0.717) is 0 Å². The molecule has 1 aliphatic heterocycles. The topological polar surface area (TPSA) is 38.8 Å². The van der Waals surface area contributed by atoms with Gasteiger partial charge in [0, 0.05) is 0 Å². The van der Waals surface area contributed by atoms with Crippen molar-refractivity contribution in [3.8, 4) is 0 Å². The lowest BCUT2D eigenvalue weighted by atomic mass is 9.97. The number of aryl methyl sites for hydroxylation is 2. The molecule has 2 aromatic carbocycles. The smallest absolute Gasteiger partial charge is 0.338 e. The first-order chi connectivity index (χ1) is 13.3. The van der Waals surface area contributed by atoms with Crippen LogP contribution in [0.4, 0.5) is 0 Å². The van der Waals surface area contributed by atoms with Crippen molar-refractivity contribution in [1.29, 1.82) is 0 Å². The summed E-state index contributed by atoms with van der Waals surface area (Å²) in [6.07, 6.45) is 9.34. The average molecular weight is 367 g/mol. The highest BCUT2D eigenvalue weighted by molar-refractivity contribution is 5.78. The molecule has 0 spiro atoms. The van der Waals surface area contributed by atoms with E-state index in [1.165, 1.54) is 63.2 Å². The van der Waals surface area contributed by atoms with Gasteiger partial charge in [0.2, 0.25) is 0 Å². The number of benzene rings is 2. The number of rotatable bonds is 11. The fraction of sp³-hybridized carbons (Fsp3) is 0.458. The fourth-order valence-corrected chi connectivity index (χ4v) is 3.68. The molecule has 3 heteroatoms. The molecule has 1 fully saturated rings. The van der Waals surface area contributed by atoms with E-state index in [0.717, 1.165) is 12.0 Å². The largest absolute Gasteiger partial charge is 0.467 e. The van der Waals surface area contributed by atoms with Crippen LogP contribution in [0, 0.1) is 0 Å². The Morgan fingerprint density at radius 3 is 2.22 bits per heavy atom. The fourth-order valence-electron chi connectivity index (χ4n) is 3.68. The normalized spacial score (nSPS) is 18.3. The second-order valence-corrected chi connectivity index (χ2v) is 7.31. The molecule has 2 atom stereocenters. The predicted octanol–water partition coefficient (Wildman–Crippen LogP) is 5.43. The van der Waals surface area contributed by atoms with Crippen molar-refractivity contribution in [2.24, 2.45) is 0 Å². The van der Waals surface area contributed by atoms with Gasteiger partial charge in [0.05, 0.1) is 7.11 Å². The van der Waals surface area contributed by atoms with Crippen molar-refractivity contribution >= 4 is 5.97 Å². The van der Waals surface area contributed by atoms with Crippen molar-refractivity contribution in [3.63, 3.8) is 0 Å². The summed E-state index contributed by atoms with van der Waals surface area (Å²) in [5.41, 5.74) is 3.90. The van der Waals surface area contributed by atoms with Crippen molar-refractivity contribution in [2.45, 2.75) is 63.6 Å². The Morgan fingerprint density at radius 2 is 1.48 bits per heavy atom. The number of unbranched alkanes of at least 4 members (excludes halogenated alkanes) is 5. The lowest BCUT2D eigenvalue weighted by molar-refractivity contribution is -0.142. The van der Waals surface area contributed by atoms with Gasteiger partial charge in [-0.15, -0.1) is 0 Å². The highest BCUT2D eigenvalue weighted by atomic mass is 16.6. The Bertz CT molecular complexity index is 711. The van der Waals surface area contributed by atoms with Crippen LogP contribution in [0.2, 0.25) is 0 Å². The zero-order valence-electron chi connectivity index (χ0n) is 16.2. The van der Waals surface area contributed by atoms with Crippen LogP contribution in [0.1, 0.15) is 61.3 Å². The van der Waals surface area contributed by atoms with Gasteiger partial charge in [-0.05, 0) is 42.4 Å². The van der Waals surface area contributed by atoms with Crippen molar-refractivity contribution in [3.05, 3.63) is 71.3 Å². The number of carbonyl (C=O) groups is 1. The molecular formula is C24H30O3. The lowest BCUT2D eigenvalue weighted by Gasteiger charge is -2.07. The molecule has 0 saturated carbocycles. The third-order valence-corrected chi connectivity index (χ3v) is 5.29. The van der Waals surface area contributed by atoms with Gasteiger partial charge >= 0.3 is 5.97 Å². The second-order valence-electron chi connectivity index (χ2n) is 7.31. The van der Waals surface area contributed by atoms with Crippen LogP contribution in [0.5, 0.6) is 0 Å². The molecule has 0 radical (unpaired) electrons. The Labute approximate surface area is 162 Å². The third kappa shape index (κ3) is 5.93. The standard InChI is InChI=1S/C24H30O3/c1-26-24(25)23-22(27-23)21-18-12-11-17-20(21)16-10-5-3-2-4-7-13-19-14-8-6-9-15-19/h6,8-9,11-12,14-15,17-18,22-23H,2-5,7,10,13,16H2,1H3/t22-,23+/m0/s1. The molecule has 0 unspecified atom stereocenters. The van der Waals surface area contributed by atoms with Crippen molar-refractivity contribution in [1.82, 2.24) is 0 Å². The summed E-state index contributed by atoms with van der Waals surface area (Å²) in [6, 6.07) is 19.1. The number of esters is 1. The summed E-state index contributed by atoms with van der Waals surface area (Å²) < 4.78 is 10.3. The van der Waals surface area contributed by atoms with Gasteiger partial charge in [0.25, 0.3) is 0 Å². The number of hydrogen-bond acceptors (Lipinski definition) is 3. The summed E-state index contributed by atoms with van der Waals surface area (Å²) in [5, 5.41) is 0. The number of ether oxygens (including phenoxy) is 2. The Morgan fingerprint density at radius 1 is 0.852 bits per heavy atom. The van der Waals surface area contributed by atoms with Crippen LogP contribution in [-0.2, 0) is 27.1 Å². The molecule has 0 amide bonds. The van der Waals surface area contributed by atoms with Crippen molar-refractivity contribution in [2.75, 3.05) is 7.11 Å². The van der Waals surface area contributed by atoms with Gasteiger partial charge in [0.1, 0.15) is 6.10 Å². The molecular weight excluding hydrogens is 336 g/mol. The molecule has 3 rings (SSSR count). The lowest BCUT2D eigenvalue weighted by Crippen LogP contribution is -2.09. The maximum absolute atomic E-state index is 11.6. The molecule has 1 aliphatic rings. The molecule has 3 nitrogen and oxygen atoms in total. The van der Waals surface area contributed by atoms with Crippen LogP contribution < -0.4 is 0 Å². The molecule has 27 heavy (non-hydrogen) atoms. The Hall–Kier alpha value is -2.13. The number of methoxy groups -OCH3 is 1. The number of carbonyl (C=O) groups excluding carboxylic acids is 1. The second kappa shape index (κ2) is 10.3. The molecule has 1 saturated heterocycles. The zero-order chi connectivity index (χ0) is 18.9. The molecule has 1 heterocycles. The van der Waals surface area contributed by atoms with Crippen LogP contribution in [0.25, 0.3) is 0 Å². The van der Waals surface area contributed by atoms with E-state index < -0.39 is 6.10 Å². The van der Waals surface area contributed by atoms with Gasteiger partial charge in [0.15, 0.2) is 6.10 Å². The van der Waals surface area contributed by atoms with E-state index in [-0.39, 0.29) is 12.1 Å². The maximum atomic E-state index is 11.6. The minimum absolute atomic E-state index is 0.119. The minimum Gasteiger partial charge on any atom is -0.467 e. The van der Waals surface area contributed by atoms with Gasteiger partial charge in [-0.2, -0.15) is 0 Å². The minimum atomic E-state index is -0.416. The SMILES string of the molecule is COC(=O)[C@@H]1O[C@H]1c1ccccc1CCCCCCCCc1ccccc1. The first-order valence-corrected chi connectivity index (χ1v) is 10.1. The molecule has 0 bridgehead atoms. The van der Waals surface area contributed by atoms with Crippen molar-refractivity contribution < 1.29 is 14.3 Å². The van der Waals surface area contributed by atoms with Gasteiger partial charge in [-0.1, -0.05) is 80.3 Å². The Kier molecular flexibility index (Phi) is 7.46. The predicted molar refractivity (Wildman–Crippen MR) is 108 cm³/mol. The van der Waals surface area contributed by atoms with E-state index in [4.69, 9.17) is 9.47 Å². The third-order valence-electron chi connectivity index (χ3n) is 5.29. The number of hydrogen-bond donors (Lipinski definition) is 0. The van der Waals surface area contributed by atoms with E-state index in [1.54, 1.807) is 0 Å². The highest BCUT2D eigenvalue weighted by Gasteiger charge is 2.47. The van der Waals surface area contributed by atoms with Gasteiger partial charge in [-0.3, -0.25) is 0 Å². The van der Waals surface area contributed by atoms with Gasteiger partial charge in [-0.25, -0.2) is 4.79 Å². The van der Waals surface area contributed by atoms with Crippen LogP contribution >= 0.6 is 0 Å². The van der Waals surface area contributed by atoms with E-state index in [1.807, 2.05) is 6.07 Å². The van der Waals surface area contributed by atoms with Crippen LogP contribution in [0.15, 0.2) is 54.6 Å². The van der Waals surface area contributed by atoms with E-state index in [2.05, 4.69) is 48.5 Å². The molecule has 2 aromatic rings. The summed E-state index contributed by atoms with van der Waals surface area (Å²) >= 11 is 0. The van der Waals surface area contributed by atoms with E-state index >= 15 is 0 Å². The summed E-state index contributed by atoms with van der Waals surface area (Å²) in [5.74, 6) is -0.273. The zero-order valence-corrected chi connectivity index (χ0v) is 16.2. The summed E-state index contributed by atoms with van der Waals surface area (Å²) in [4.78, 5) is 11.6. The monoisotopic (exact) mass is 366 g/mol. The number of epoxide rings is 1. The summed E-state index contributed by atoms with van der Waals surface area (Å²) in [6.45, 7) is 0. The molecule has 144 valence electrons. The van der Waals surface area contributed by atoms with Gasteiger partial charge < -0.3 is 9.47 Å². The highest BCUT2D eigenvalue weighted by Crippen LogP contribution is 2.41. The Balaban J connectivity index is 1.31. The molecule has 0 aromatic heterocycles. The maximum Gasteiger partial charge on any atom is 0.338 e. The first-order valence-electron chi connectivity index (χ1n) is 10.1. The quantitative estimate of drug-likeness (QED) is 0.302. The van der Waals surface area contributed by atoms with Crippen LogP contribution in [-0.4, -0.2) is 19.2 Å².